The maximum atomic E-state index is 13.7. The first kappa shape index (κ1) is 10.7. The lowest BCUT2D eigenvalue weighted by atomic mass is 10.1. The van der Waals surface area contributed by atoms with E-state index in [-0.39, 0.29) is 17.9 Å². The van der Waals surface area contributed by atoms with Gasteiger partial charge in [0.1, 0.15) is 0 Å². The highest BCUT2D eigenvalue weighted by molar-refractivity contribution is 6.00. The summed E-state index contributed by atoms with van der Waals surface area (Å²) >= 11 is 0. The number of amides is 1. The minimum atomic E-state index is -0.828. The van der Waals surface area contributed by atoms with Gasteiger partial charge in [0, 0.05) is 18.7 Å². The van der Waals surface area contributed by atoms with E-state index in [1.54, 1.807) is 6.92 Å². The molecule has 0 aliphatic carbocycles. The first-order valence-electron chi connectivity index (χ1n) is 5.00. The second kappa shape index (κ2) is 3.96. The molecule has 2 rings (SSSR count). The molecule has 0 spiro atoms. The molecule has 0 saturated carbocycles. The molecule has 0 aromatic carbocycles. The van der Waals surface area contributed by atoms with Crippen LogP contribution in [0.25, 0.3) is 0 Å². The van der Waals surface area contributed by atoms with E-state index in [1.165, 1.54) is 0 Å². The standard InChI is InChI=1S/C10H11FN2O3/c1-2-16-10(15)8-7(11)6-5(13-8)3-4-12-9(6)14/h13H,2-4H2,1H3,(H,12,14). The quantitative estimate of drug-likeness (QED) is 0.726. The van der Waals surface area contributed by atoms with Gasteiger partial charge in [-0.2, -0.15) is 0 Å². The molecule has 2 heterocycles. The molecule has 0 radical (unpaired) electrons. The number of rotatable bonds is 2. The first-order valence-corrected chi connectivity index (χ1v) is 5.00. The average Bonchev–Trinajstić information content (AvgIpc) is 2.58. The summed E-state index contributed by atoms with van der Waals surface area (Å²) < 4.78 is 18.4. The van der Waals surface area contributed by atoms with Crippen molar-refractivity contribution in [2.75, 3.05) is 13.2 Å². The van der Waals surface area contributed by atoms with Crippen molar-refractivity contribution in [3.63, 3.8) is 0 Å². The number of halogens is 1. The molecule has 6 heteroatoms. The van der Waals surface area contributed by atoms with Crippen LogP contribution < -0.4 is 5.32 Å². The molecule has 16 heavy (non-hydrogen) atoms. The third kappa shape index (κ3) is 1.56. The Morgan fingerprint density at radius 3 is 2.94 bits per heavy atom. The lowest BCUT2D eigenvalue weighted by molar-refractivity contribution is 0.0514. The van der Waals surface area contributed by atoms with Gasteiger partial charge in [-0.05, 0) is 6.92 Å². The number of carbonyl (C=O) groups excluding carboxylic acids is 2. The van der Waals surface area contributed by atoms with Gasteiger partial charge in [-0.25, -0.2) is 9.18 Å². The van der Waals surface area contributed by atoms with Gasteiger partial charge >= 0.3 is 5.97 Å². The van der Waals surface area contributed by atoms with Gasteiger partial charge in [-0.15, -0.1) is 0 Å². The molecule has 1 aromatic heterocycles. The van der Waals surface area contributed by atoms with Gasteiger partial charge in [0.25, 0.3) is 5.91 Å². The number of aromatic nitrogens is 1. The summed E-state index contributed by atoms with van der Waals surface area (Å²) in [7, 11) is 0. The molecule has 2 N–H and O–H groups in total. The van der Waals surface area contributed by atoms with Crippen LogP contribution in [0.3, 0.4) is 0 Å². The molecule has 0 atom stereocenters. The molecular formula is C10H11FN2O3. The number of nitrogens with one attached hydrogen (secondary N) is 2. The minimum absolute atomic E-state index is 0.0747. The number of carbonyl (C=O) groups is 2. The Morgan fingerprint density at radius 2 is 2.31 bits per heavy atom. The highest BCUT2D eigenvalue weighted by Gasteiger charge is 2.29. The van der Waals surface area contributed by atoms with Crippen molar-refractivity contribution >= 4 is 11.9 Å². The van der Waals surface area contributed by atoms with Gasteiger partial charge in [-0.1, -0.05) is 0 Å². The average molecular weight is 226 g/mol. The molecule has 0 bridgehead atoms. The zero-order valence-corrected chi connectivity index (χ0v) is 8.72. The van der Waals surface area contributed by atoms with Crippen molar-refractivity contribution < 1.29 is 18.7 Å². The summed E-state index contributed by atoms with van der Waals surface area (Å²) in [5.41, 5.74) is 0.0995. The van der Waals surface area contributed by atoms with E-state index in [9.17, 15) is 14.0 Å². The monoisotopic (exact) mass is 226 g/mol. The van der Waals surface area contributed by atoms with Crippen molar-refractivity contribution in [3.05, 3.63) is 22.8 Å². The van der Waals surface area contributed by atoms with E-state index in [0.717, 1.165) is 0 Å². The molecule has 1 aliphatic rings. The number of fused-ring (bicyclic) bond motifs is 1. The molecule has 5 nitrogen and oxygen atoms in total. The highest BCUT2D eigenvalue weighted by atomic mass is 19.1. The number of aromatic amines is 1. The fraction of sp³-hybridized carbons (Fsp3) is 0.400. The van der Waals surface area contributed by atoms with Gasteiger partial charge in [0.2, 0.25) is 0 Å². The lowest BCUT2D eigenvalue weighted by Gasteiger charge is -2.11. The van der Waals surface area contributed by atoms with Crippen molar-refractivity contribution in [2.24, 2.45) is 0 Å². The molecular weight excluding hydrogens is 215 g/mol. The van der Waals surface area contributed by atoms with Crippen LogP contribution in [0.15, 0.2) is 0 Å². The van der Waals surface area contributed by atoms with Crippen LogP contribution >= 0.6 is 0 Å². The summed E-state index contributed by atoms with van der Waals surface area (Å²) in [6.07, 6.45) is 0.484. The van der Waals surface area contributed by atoms with Crippen molar-refractivity contribution in [2.45, 2.75) is 13.3 Å². The summed E-state index contributed by atoms with van der Waals surface area (Å²) in [4.78, 5) is 25.3. The third-order valence-corrected chi connectivity index (χ3v) is 2.38. The van der Waals surface area contributed by atoms with Crippen molar-refractivity contribution in [1.82, 2.24) is 10.3 Å². The van der Waals surface area contributed by atoms with Crippen LogP contribution in [0.1, 0.15) is 33.5 Å². The molecule has 0 saturated heterocycles. The smallest absolute Gasteiger partial charge is 0.357 e. The topological polar surface area (TPSA) is 71.2 Å². The summed E-state index contributed by atoms with van der Waals surface area (Å²) in [5, 5.41) is 2.51. The Balaban J connectivity index is 2.42. The van der Waals surface area contributed by atoms with E-state index >= 15 is 0 Å². The predicted molar refractivity (Wildman–Crippen MR) is 52.7 cm³/mol. The molecule has 1 aromatic rings. The number of H-pyrrole nitrogens is 1. The van der Waals surface area contributed by atoms with Crippen LogP contribution in [-0.2, 0) is 11.2 Å². The molecule has 86 valence electrons. The van der Waals surface area contributed by atoms with Crippen molar-refractivity contribution in [3.8, 4) is 0 Å². The largest absolute Gasteiger partial charge is 0.461 e. The Hall–Kier alpha value is -1.85. The molecule has 0 fully saturated rings. The maximum absolute atomic E-state index is 13.7. The Kier molecular flexibility index (Phi) is 2.64. The summed E-state index contributed by atoms with van der Waals surface area (Å²) in [6.45, 7) is 2.23. The zero-order valence-electron chi connectivity index (χ0n) is 8.72. The summed E-state index contributed by atoms with van der Waals surface area (Å²) in [6, 6.07) is 0. The fourth-order valence-electron chi connectivity index (χ4n) is 1.68. The second-order valence-electron chi connectivity index (χ2n) is 3.39. The van der Waals surface area contributed by atoms with Gasteiger partial charge < -0.3 is 15.0 Å². The van der Waals surface area contributed by atoms with Gasteiger partial charge in [0.15, 0.2) is 11.5 Å². The predicted octanol–water partition coefficient (Wildman–Crippen LogP) is 0.616. The van der Waals surface area contributed by atoms with E-state index in [4.69, 9.17) is 0 Å². The van der Waals surface area contributed by atoms with Gasteiger partial charge in [-0.3, -0.25) is 4.79 Å². The highest BCUT2D eigenvalue weighted by Crippen LogP contribution is 2.21. The first-order chi connectivity index (χ1) is 7.65. The number of hydrogen-bond acceptors (Lipinski definition) is 3. The minimum Gasteiger partial charge on any atom is -0.461 e. The Labute approximate surface area is 91.0 Å². The number of ether oxygens (including phenoxy) is 1. The van der Waals surface area contributed by atoms with Crippen molar-refractivity contribution in [1.29, 1.82) is 0 Å². The van der Waals surface area contributed by atoms with Crippen LogP contribution in [0.4, 0.5) is 4.39 Å². The molecule has 1 amide bonds. The van der Waals surface area contributed by atoms with Crippen LogP contribution in [0, 0.1) is 5.82 Å². The second-order valence-corrected chi connectivity index (χ2v) is 3.39. The zero-order chi connectivity index (χ0) is 11.7. The molecule has 1 aliphatic heterocycles. The van der Waals surface area contributed by atoms with Crippen LogP contribution in [-0.4, -0.2) is 30.0 Å². The normalized spacial score (nSPS) is 14.2. The number of esters is 1. The van der Waals surface area contributed by atoms with E-state index in [2.05, 4.69) is 15.0 Å². The summed E-state index contributed by atoms with van der Waals surface area (Å²) in [5.74, 6) is -2.10. The van der Waals surface area contributed by atoms with Crippen LogP contribution in [0.2, 0.25) is 0 Å². The van der Waals surface area contributed by atoms with Gasteiger partial charge in [0.05, 0.1) is 12.2 Å². The van der Waals surface area contributed by atoms with Crippen LogP contribution in [0.5, 0.6) is 0 Å². The van der Waals surface area contributed by atoms with E-state index in [0.29, 0.717) is 18.7 Å². The van der Waals surface area contributed by atoms with E-state index < -0.39 is 17.7 Å². The maximum Gasteiger partial charge on any atom is 0.357 e. The van der Waals surface area contributed by atoms with E-state index in [1.807, 2.05) is 0 Å². The molecule has 0 unspecified atom stereocenters. The SMILES string of the molecule is CCOC(=O)c1[nH]c2c(c1F)C(=O)NCC2. The number of hydrogen-bond donors (Lipinski definition) is 2. The fourth-order valence-corrected chi connectivity index (χ4v) is 1.68. The Morgan fingerprint density at radius 1 is 1.56 bits per heavy atom. The Bertz CT molecular complexity index is 453. The lowest BCUT2D eigenvalue weighted by Crippen LogP contribution is -2.31. The third-order valence-electron chi connectivity index (χ3n) is 2.38.